The van der Waals surface area contributed by atoms with E-state index >= 15 is 0 Å². The standard InChI is InChI=1S/C10H21NO/c1-9-4-3-5-10(8-9,11-2)6-7-12/h9,11-12H,3-8H2,1-2H3. The summed E-state index contributed by atoms with van der Waals surface area (Å²) in [6.07, 6.45) is 6.03. The normalized spacial score (nSPS) is 36.8. The molecule has 2 atom stereocenters. The van der Waals surface area contributed by atoms with Crippen LogP contribution in [0.3, 0.4) is 0 Å². The first kappa shape index (κ1) is 10.0. The highest BCUT2D eigenvalue weighted by molar-refractivity contribution is 4.91. The molecule has 0 saturated heterocycles. The number of rotatable bonds is 3. The lowest BCUT2D eigenvalue weighted by Crippen LogP contribution is -2.47. The van der Waals surface area contributed by atoms with Crippen molar-refractivity contribution in [3.63, 3.8) is 0 Å². The van der Waals surface area contributed by atoms with Crippen LogP contribution in [0.5, 0.6) is 0 Å². The molecule has 0 bridgehead atoms. The largest absolute Gasteiger partial charge is 0.396 e. The molecule has 2 heteroatoms. The second-order valence-electron chi connectivity index (χ2n) is 4.21. The Bertz CT molecular complexity index is 134. The Morgan fingerprint density at radius 1 is 1.58 bits per heavy atom. The molecule has 12 heavy (non-hydrogen) atoms. The van der Waals surface area contributed by atoms with E-state index in [1.807, 2.05) is 7.05 Å². The summed E-state index contributed by atoms with van der Waals surface area (Å²) in [7, 11) is 2.02. The maximum atomic E-state index is 8.96. The summed E-state index contributed by atoms with van der Waals surface area (Å²) in [5.74, 6) is 0.817. The molecule has 0 aliphatic heterocycles. The molecule has 2 unspecified atom stereocenters. The fourth-order valence-corrected chi connectivity index (χ4v) is 2.45. The second kappa shape index (κ2) is 4.24. The van der Waals surface area contributed by atoms with E-state index in [0.717, 1.165) is 12.3 Å². The highest BCUT2D eigenvalue weighted by atomic mass is 16.3. The van der Waals surface area contributed by atoms with Gasteiger partial charge in [-0.05, 0) is 32.2 Å². The van der Waals surface area contributed by atoms with Crippen molar-refractivity contribution in [1.82, 2.24) is 5.32 Å². The lowest BCUT2D eigenvalue weighted by atomic mass is 9.75. The molecule has 2 nitrogen and oxygen atoms in total. The van der Waals surface area contributed by atoms with Crippen LogP contribution in [0, 0.1) is 5.92 Å². The van der Waals surface area contributed by atoms with Crippen LogP contribution in [-0.2, 0) is 0 Å². The molecule has 1 fully saturated rings. The van der Waals surface area contributed by atoms with E-state index in [2.05, 4.69) is 12.2 Å². The van der Waals surface area contributed by atoms with E-state index in [0.29, 0.717) is 6.61 Å². The third-order valence-corrected chi connectivity index (χ3v) is 3.21. The minimum Gasteiger partial charge on any atom is -0.396 e. The lowest BCUT2D eigenvalue weighted by molar-refractivity contribution is 0.147. The molecular formula is C10H21NO. The van der Waals surface area contributed by atoms with Crippen molar-refractivity contribution in [3.05, 3.63) is 0 Å². The minimum absolute atomic E-state index is 0.242. The first-order valence-electron chi connectivity index (χ1n) is 5.02. The predicted octanol–water partition coefficient (Wildman–Crippen LogP) is 1.54. The summed E-state index contributed by atoms with van der Waals surface area (Å²) >= 11 is 0. The van der Waals surface area contributed by atoms with Gasteiger partial charge in [-0.25, -0.2) is 0 Å². The molecule has 1 rings (SSSR count). The van der Waals surface area contributed by atoms with Crippen LogP contribution >= 0.6 is 0 Å². The summed E-state index contributed by atoms with van der Waals surface area (Å²) in [6.45, 7) is 2.62. The van der Waals surface area contributed by atoms with Crippen LogP contribution in [0.4, 0.5) is 0 Å². The molecule has 1 saturated carbocycles. The van der Waals surface area contributed by atoms with Gasteiger partial charge in [0.05, 0.1) is 0 Å². The van der Waals surface area contributed by atoms with Crippen LogP contribution < -0.4 is 5.32 Å². The fourth-order valence-electron chi connectivity index (χ4n) is 2.45. The van der Waals surface area contributed by atoms with Gasteiger partial charge in [-0.3, -0.25) is 0 Å². The smallest absolute Gasteiger partial charge is 0.0448 e. The van der Waals surface area contributed by atoms with Crippen LogP contribution in [0.1, 0.15) is 39.0 Å². The Morgan fingerprint density at radius 3 is 2.83 bits per heavy atom. The molecule has 72 valence electrons. The summed E-state index contributed by atoms with van der Waals surface area (Å²) in [5, 5.41) is 12.3. The monoisotopic (exact) mass is 171 g/mol. The second-order valence-corrected chi connectivity index (χ2v) is 4.21. The molecule has 1 aliphatic carbocycles. The first-order valence-corrected chi connectivity index (χ1v) is 5.02. The van der Waals surface area contributed by atoms with E-state index in [9.17, 15) is 0 Å². The molecule has 0 amide bonds. The van der Waals surface area contributed by atoms with Crippen molar-refractivity contribution in [2.45, 2.75) is 44.6 Å². The highest BCUT2D eigenvalue weighted by Gasteiger charge is 2.32. The Morgan fingerprint density at radius 2 is 2.33 bits per heavy atom. The van der Waals surface area contributed by atoms with Gasteiger partial charge in [0.25, 0.3) is 0 Å². The third-order valence-electron chi connectivity index (χ3n) is 3.21. The van der Waals surface area contributed by atoms with Crippen LogP contribution in [0.2, 0.25) is 0 Å². The van der Waals surface area contributed by atoms with Crippen molar-refractivity contribution in [1.29, 1.82) is 0 Å². The fraction of sp³-hybridized carbons (Fsp3) is 1.00. The topological polar surface area (TPSA) is 32.3 Å². The summed E-state index contributed by atoms with van der Waals surface area (Å²) in [4.78, 5) is 0. The number of hydrogen-bond acceptors (Lipinski definition) is 2. The van der Waals surface area contributed by atoms with Gasteiger partial charge in [0.15, 0.2) is 0 Å². The maximum absolute atomic E-state index is 8.96. The zero-order valence-corrected chi connectivity index (χ0v) is 8.27. The van der Waals surface area contributed by atoms with Gasteiger partial charge in [0.1, 0.15) is 0 Å². The Balaban J connectivity index is 2.51. The molecule has 0 heterocycles. The molecule has 2 N–H and O–H groups in total. The van der Waals surface area contributed by atoms with E-state index in [-0.39, 0.29) is 5.54 Å². The van der Waals surface area contributed by atoms with Crippen LogP contribution in [-0.4, -0.2) is 24.3 Å². The molecule has 0 aromatic rings. The van der Waals surface area contributed by atoms with E-state index in [4.69, 9.17) is 5.11 Å². The SMILES string of the molecule is CNC1(CCO)CCCC(C)C1. The third kappa shape index (κ3) is 2.20. The van der Waals surface area contributed by atoms with E-state index in [1.54, 1.807) is 0 Å². The predicted molar refractivity (Wildman–Crippen MR) is 51.1 cm³/mol. The number of aliphatic hydroxyl groups is 1. The molecule has 0 aromatic carbocycles. The van der Waals surface area contributed by atoms with E-state index < -0.39 is 0 Å². The van der Waals surface area contributed by atoms with Crippen molar-refractivity contribution in [3.8, 4) is 0 Å². The van der Waals surface area contributed by atoms with Gasteiger partial charge in [0.2, 0.25) is 0 Å². The van der Waals surface area contributed by atoms with Gasteiger partial charge in [0, 0.05) is 12.1 Å². The average Bonchev–Trinajstić information content (AvgIpc) is 2.05. The van der Waals surface area contributed by atoms with Crippen molar-refractivity contribution < 1.29 is 5.11 Å². The van der Waals surface area contributed by atoms with Gasteiger partial charge in [-0.15, -0.1) is 0 Å². The maximum Gasteiger partial charge on any atom is 0.0448 e. The van der Waals surface area contributed by atoms with Crippen molar-refractivity contribution in [2.24, 2.45) is 5.92 Å². The first-order chi connectivity index (χ1) is 5.72. The van der Waals surface area contributed by atoms with Crippen LogP contribution in [0.15, 0.2) is 0 Å². The van der Waals surface area contributed by atoms with Gasteiger partial charge in [-0.2, -0.15) is 0 Å². The van der Waals surface area contributed by atoms with Gasteiger partial charge >= 0.3 is 0 Å². The highest BCUT2D eigenvalue weighted by Crippen LogP contribution is 2.33. The number of hydrogen-bond donors (Lipinski definition) is 2. The summed E-state index contributed by atoms with van der Waals surface area (Å²) in [6, 6.07) is 0. The summed E-state index contributed by atoms with van der Waals surface area (Å²) in [5.41, 5.74) is 0.242. The quantitative estimate of drug-likeness (QED) is 0.675. The summed E-state index contributed by atoms with van der Waals surface area (Å²) < 4.78 is 0. The van der Waals surface area contributed by atoms with Gasteiger partial charge < -0.3 is 10.4 Å². The minimum atomic E-state index is 0.242. The zero-order valence-electron chi connectivity index (χ0n) is 8.27. The van der Waals surface area contributed by atoms with E-state index in [1.165, 1.54) is 25.7 Å². The average molecular weight is 171 g/mol. The Labute approximate surface area is 75.4 Å². The molecule has 0 radical (unpaired) electrons. The molecule has 1 aliphatic rings. The Kier molecular flexibility index (Phi) is 3.53. The molecule has 0 spiro atoms. The van der Waals surface area contributed by atoms with Crippen molar-refractivity contribution in [2.75, 3.05) is 13.7 Å². The zero-order chi connectivity index (χ0) is 9.03. The molecular weight excluding hydrogens is 150 g/mol. The molecule has 0 aromatic heterocycles. The van der Waals surface area contributed by atoms with Crippen molar-refractivity contribution >= 4 is 0 Å². The van der Waals surface area contributed by atoms with Gasteiger partial charge in [-0.1, -0.05) is 19.8 Å². The number of aliphatic hydroxyl groups excluding tert-OH is 1. The number of nitrogens with one attached hydrogen (secondary N) is 1. The van der Waals surface area contributed by atoms with Crippen LogP contribution in [0.25, 0.3) is 0 Å². The lowest BCUT2D eigenvalue weighted by Gasteiger charge is -2.39. The Hall–Kier alpha value is -0.0800.